The first-order valence-corrected chi connectivity index (χ1v) is 30.9. The Morgan fingerprint density at radius 3 is 1.07 bits per heavy atom. The van der Waals surface area contributed by atoms with Gasteiger partial charge in [0.1, 0.15) is 0 Å². The van der Waals surface area contributed by atoms with Gasteiger partial charge in [0.05, 0.1) is 25.4 Å². The van der Waals surface area contributed by atoms with Crippen LogP contribution in [0.25, 0.3) is 0 Å². The van der Waals surface area contributed by atoms with Gasteiger partial charge in [-0.05, 0) is 51.4 Å². The molecule has 0 fully saturated rings. The first-order valence-electron chi connectivity index (χ1n) is 30.9. The summed E-state index contributed by atoms with van der Waals surface area (Å²) < 4.78 is 5.47. The maximum absolute atomic E-state index is 12.5. The summed E-state index contributed by atoms with van der Waals surface area (Å²) in [7, 11) is 0. The number of carbonyl (C=O) groups excluding carboxylic acids is 2. The molecular formula is C62H121NO5. The number of amides is 1. The lowest BCUT2D eigenvalue weighted by Crippen LogP contribution is -2.45. The summed E-state index contributed by atoms with van der Waals surface area (Å²) in [6.07, 6.45) is 69.4. The Morgan fingerprint density at radius 1 is 0.397 bits per heavy atom. The van der Waals surface area contributed by atoms with Crippen LogP contribution in [-0.4, -0.2) is 47.4 Å². The van der Waals surface area contributed by atoms with Crippen molar-refractivity contribution in [2.45, 2.75) is 360 Å². The zero-order valence-corrected chi connectivity index (χ0v) is 46.1. The second-order valence-corrected chi connectivity index (χ2v) is 21.4. The highest BCUT2D eigenvalue weighted by atomic mass is 16.5. The van der Waals surface area contributed by atoms with E-state index in [4.69, 9.17) is 4.74 Å². The molecular weight excluding hydrogens is 839 g/mol. The maximum atomic E-state index is 12.5. The summed E-state index contributed by atoms with van der Waals surface area (Å²) in [5.74, 6) is -0.0235. The molecule has 2 atom stereocenters. The molecule has 6 nitrogen and oxygen atoms in total. The molecule has 0 rings (SSSR count). The van der Waals surface area contributed by atoms with Crippen LogP contribution in [0.2, 0.25) is 0 Å². The van der Waals surface area contributed by atoms with Gasteiger partial charge in [-0.1, -0.05) is 296 Å². The number of ether oxygens (including phenoxy) is 1. The van der Waals surface area contributed by atoms with Gasteiger partial charge in [-0.15, -0.1) is 0 Å². The molecule has 0 heterocycles. The number of carbonyl (C=O) groups is 2. The number of aliphatic hydroxyl groups is 2. The third-order valence-corrected chi connectivity index (χ3v) is 14.6. The fourth-order valence-electron chi connectivity index (χ4n) is 9.81. The minimum absolute atomic E-state index is 0.00760. The van der Waals surface area contributed by atoms with E-state index in [2.05, 4.69) is 31.3 Å². The second-order valence-electron chi connectivity index (χ2n) is 21.4. The van der Waals surface area contributed by atoms with E-state index in [1.54, 1.807) is 0 Å². The van der Waals surface area contributed by atoms with Gasteiger partial charge in [0, 0.05) is 12.8 Å². The summed E-state index contributed by atoms with van der Waals surface area (Å²) in [6, 6.07) is -0.538. The fourth-order valence-corrected chi connectivity index (χ4v) is 9.81. The first-order chi connectivity index (χ1) is 33.5. The van der Waals surface area contributed by atoms with Gasteiger partial charge in [-0.2, -0.15) is 0 Å². The van der Waals surface area contributed by atoms with E-state index in [1.807, 2.05) is 0 Å². The molecule has 0 radical (unpaired) electrons. The fraction of sp³-hybridized carbons (Fsp3) is 0.935. The Balaban J connectivity index is 3.34. The molecule has 0 saturated heterocycles. The second kappa shape index (κ2) is 58.2. The largest absolute Gasteiger partial charge is 0.466 e. The molecule has 0 aromatic heterocycles. The van der Waals surface area contributed by atoms with Crippen LogP contribution in [-0.2, 0) is 14.3 Å². The van der Waals surface area contributed by atoms with E-state index >= 15 is 0 Å². The number of rotatable bonds is 58. The molecule has 0 aliphatic rings. The van der Waals surface area contributed by atoms with Gasteiger partial charge >= 0.3 is 5.97 Å². The Morgan fingerprint density at radius 2 is 0.691 bits per heavy atom. The Hall–Kier alpha value is -1.40. The van der Waals surface area contributed by atoms with Crippen molar-refractivity contribution in [1.82, 2.24) is 5.32 Å². The summed E-state index contributed by atoms with van der Waals surface area (Å²) in [4.78, 5) is 24.5. The smallest absolute Gasteiger partial charge is 0.305 e. The van der Waals surface area contributed by atoms with Crippen molar-refractivity contribution in [2.24, 2.45) is 0 Å². The number of hydrogen-bond donors (Lipinski definition) is 3. The third-order valence-electron chi connectivity index (χ3n) is 14.6. The molecule has 68 heavy (non-hydrogen) atoms. The van der Waals surface area contributed by atoms with Gasteiger partial charge in [-0.3, -0.25) is 9.59 Å². The highest BCUT2D eigenvalue weighted by Crippen LogP contribution is 2.18. The standard InChI is InChI=1S/C62H121NO5/c1-3-5-7-9-11-13-15-31-34-38-42-46-50-54-60(65)59(58-64)63-61(66)55-51-47-43-39-35-32-29-27-25-23-21-19-17-18-20-22-24-26-28-30-33-37-41-45-49-53-57-68-62(67)56-52-48-44-40-36-16-14-12-10-8-6-4-2/h12,14,59-60,64-65H,3-11,13,15-58H2,1-2H3,(H,63,66)/b14-12-. The van der Waals surface area contributed by atoms with Crippen molar-refractivity contribution >= 4 is 11.9 Å². The van der Waals surface area contributed by atoms with E-state index in [9.17, 15) is 19.8 Å². The normalized spacial score (nSPS) is 12.6. The molecule has 0 aliphatic heterocycles. The van der Waals surface area contributed by atoms with Crippen LogP contribution in [0.15, 0.2) is 12.2 Å². The third kappa shape index (κ3) is 53.9. The van der Waals surface area contributed by atoms with Crippen LogP contribution >= 0.6 is 0 Å². The number of allylic oxidation sites excluding steroid dienone is 2. The summed E-state index contributed by atoms with van der Waals surface area (Å²) in [6.45, 7) is 4.95. The van der Waals surface area contributed by atoms with E-state index < -0.39 is 12.1 Å². The van der Waals surface area contributed by atoms with E-state index in [0.29, 0.717) is 25.9 Å². The molecule has 0 saturated carbocycles. The number of hydrogen-bond acceptors (Lipinski definition) is 5. The average molecular weight is 961 g/mol. The number of esters is 1. The van der Waals surface area contributed by atoms with Crippen molar-refractivity contribution in [3.05, 3.63) is 12.2 Å². The lowest BCUT2D eigenvalue weighted by atomic mass is 10.0. The van der Waals surface area contributed by atoms with Crippen molar-refractivity contribution in [3.63, 3.8) is 0 Å². The van der Waals surface area contributed by atoms with Gasteiger partial charge in [-0.25, -0.2) is 0 Å². The molecule has 404 valence electrons. The lowest BCUT2D eigenvalue weighted by molar-refractivity contribution is -0.143. The number of aliphatic hydroxyl groups excluding tert-OH is 2. The Kier molecular flexibility index (Phi) is 57.0. The zero-order chi connectivity index (χ0) is 49.3. The molecule has 0 bridgehead atoms. The van der Waals surface area contributed by atoms with Crippen LogP contribution in [0, 0.1) is 0 Å². The minimum atomic E-state index is -0.661. The topological polar surface area (TPSA) is 95.9 Å². The van der Waals surface area contributed by atoms with E-state index in [0.717, 1.165) is 44.9 Å². The van der Waals surface area contributed by atoms with E-state index in [-0.39, 0.29) is 18.5 Å². The quantitative estimate of drug-likeness (QED) is 0.0321. The number of unbranched alkanes of at least 4 members (excludes halogenated alkanes) is 45. The van der Waals surface area contributed by atoms with Gasteiger partial charge in [0.15, 0.2) is 0 Å². The maximum Gasteiger partial charge on any atom is 0.305 e. The Labute approximate surface area is 425 Å². The van der Waals surface area contributed by atoms with Crippen molar-refractivity contribution in [1.29, 1.82) is 0 Å². The van der Waals surface area contributed by atoms with Crippen molar-refractivity contribution < 1.29 is 24.5 Å². The molecule has 2 unspecified atom stereocenters. The minimum Gasteiger partial charge on any atom is -0.466 e. The van der Waals surface area contributed by atoms with Crippen LogP contribution in [0.5, 0.6) is 0 Å². The van der Waals surface area contributed by atoms with Crippen LogP contribution in [0.3, 0.4) is 0 Å². The van der Waals surface area contributed by atoms with Gasteiger partial charge < -0.3 is 20.3 Å². The molecule has 0 aromatic carbocycles. The van der Waals surface area contributed by atoms with Crippen LogP contribution < -0.4 is 5.32 Å². The monoisotopic (exact) mass is 960 g/mol. The van der Waals surface area contributed by atoms with Crippen LogP contribution in [0.4, 0.5) is 0 Å². The molecule has 1 amide bonds. The van der Waals surface area contributed by atoms with Crippen LogP contribution in [0.1, 0.15) is 348 Å². The lowest BCUT2D eigenvalue weighted by Gasteiger charge is -2.22. The zero-order valence-electron chi connectivity index (χ0n) is 46.1. The number of nitrogens with one attached hydrogen (secondary N) is 1. The predicted octanol–water partition coefficient (Wildman–Crippen LogP) is 19.2. The van der Waals surface area contributed by atoms with Crippen molar-refractivity contribution in [2.75, 3.05) is 13.2 Å². The molecule has 3 N–H and O–H groups in total. The SMILES string of the molecule is CCCCC/C=C\CCCCCCCC(=O)OCCCCCCCCCCCCCCCCCCCCCCCCCCCCC(=O)NC(CO)C(O)CCCCCCCCCCCCCCC. The molecule has 0 aromatic rings. The first kappa shape index (κ1) is 66.6. The summed E-state index contributed by atoms with van der Waals surface area (Å²) in [5.41, 5.74) is 0. The summed E-state index contributed by atoms with van der Waals surface area (Å²) in [5, 5.41) is 23.3. The highest BCUT2D eigenvalue weighted by Gasteiger charge is 2.20. The molecule has 0 spiro atoms. The average Bonchev–Trinajstić information content (AvgIpc) is 3.34. The predicted molar refractivity (Wildman–Crippen MR) is 297 cm³/mol. The Bertz CT molecular complexity index is 1020. The van der Waals surface area contributed by atoms with Gasteiger partial charge in [0.2, 0.25) is 5.91 Å². The summed E-state index contributed by atoms with van der Waals surface area (Å²) >= 11 is 0. The van der Waals surface area contributed by atoms with Crippen molar-refractivity contribution in [3.8, 4) is 0 Å². The van der Waals surface area contributed by atoms with E-state index in [1.165, 1.54) is 270 Å². The van der Waals surface area contributed by atoms with Gasteiger partial charge in [0.25, 0.3) is 0 Å². The highest BCUT2D eigenvalue weighted by molar-refractivity contribution is 5.76. The molecule has 0 aliphatic carbocycles. The molecule has 6 heteroatoms.